The Bertz CT molecular complexity index is 1240. The highest BCUT2D eigenvalue weighted by atomic mass is 19.1. The molecule has 210 valence electrons. The fourth-order valence-electron chi connectivity index (χ4n) is 4.89. The highest BCUT2D eigenvalue weighted by Gasteiger charge is 2.29. The quantitative estimate of drug-likeness (QED) is 0.187. The molecule has 1 heterocycles. The topological polar surface area (TPSA) is 115 Å². The first-order valence-corrected chi connectivity index (χ1v) is 13.5. The number of unbranched alkanes of at least 4 members (excludes halogenated alkanes) is 1. The molecule has 0 saturated heterocycles. The molecular weight excluding hydrogens is 499 g/mol. The lowest BCUT2D eigenvalue weighted by molar-refractivity contribution is -0.146. The van der Waals surface area contributed by atoms with Crippen LogP contribution in [0.3, 0.4) is 0 Å². The van der Waals surface area contributed by atoms with Crippen molar-refractivity contribution < 1.29 is 28.9 Å². The van der Waals surface area contributed by atoms with E-state index in [1.54, 1.807) is 12.1 Å². The summed E-state index contributed by atoms with van der Waals surface area (Å²) >= 11 is 0. The maximum absolute atomic E-state index is 13.8. The van der Waals surface area contributed by atoms with E-state index in [1.807, 2.05) is 55.7 Å². The van der Waals surface area contributed by atoms with E-state index < -0.39 is 24.1 Å². The molecule has 8 heteroatoms. The fourth-order valence-corrected chi connectivity index (χ4v) is 4.89. The average Bonchev–Trinajstić information content (AvgIpc) is 3.24. The van der Waals surface area contributed by atoms with Crippen molar-refractivity contribution in [1.82, 2.24) is 4.57 Å². The van der Waals surface area contributed by atoms with Gasteiger partial charge in [-0.05, 0) is 60.6 Å². The molecule has 4 N–H and O–H groups in total. The zero-order chi connectivity index (χ0) is 28.5. The third kappa shape index (κ3) is 7.77. The van der Waals surface area contributed by atoms with E-state index in [0.29, 0.717) is 41.2 Å². The van der Waals surface area contributed by atoms with Crippen LogP contribution >= 0.6 is 0 Å². The number of aromatic nitrogens is 1. The first-order chi connectivity index (χ1) is 18.6. The number of hydrogen-bond acceptors (Lipinski definition) is 5. The number of hydrogen-bond donors (Lipinski definition) is 3. The van der Waals surface area contributed by atoms with Gasteiger partial charge in [0.15, 0.2) is 0 Å². The second-order valence-corrected chi connectivity index (χ2v) is 10.1. The summed E-state index contributed by atoms with van der Waals surface area (Å²) in [5.74, 6) is -1.54. The Labute approximate surface area is 229 Å². The highest BCUT2D eigenvalue weighted by Crippen LogP contribution is 2.42. The SMILES string of the molecule is CCCCOC(=O)C[C@H](O)C[C@H](O)CCn1c(-c2ccc(F)cc2)c(-c2ccccc2)c(C(N)=O)c1C(C)C. The van der Waals surface area contributed by atoms with Crippen LogP contribution in [-0.4, -0.2) is 45.5 Å². The lowest BCUT2D eigenvalue weighted by Gasteiger charge is -2.20. The number of nitrogens with zero attached hydrogens (tertiary/aromatic N) is 1. The normalized spacial score (nSPS) is 12.9. The second-order valence-electron chi connectivity index (χ2n) is 10.1. The zero-order valence-electron chi connectivity index (χ0n) is 22.9. The van der Waals surface area contributed by atoms with Crippen LogP contribution in [0.25, 0.3) is 22.4 Å². The van der Waals surface area contributed by atoms with Gasteiger partial charge in [-0.25, -0.2) is 4.39 Å². The number of ether oxygens (including phenoxy) is 1. The smallest absolute Gasteiger partial charge is 0.308 e. The number of rotatable bonds is 14. The van der Waals surface area contributed by atoms with Crippen molar-refractivity contribution >= 4 is 11.9 Å². The minimum atomic E-state index is -1.04. The molecule has 0 bridgehead atoms. The minimum Gasteiger partial charge on any atom is -0.466 e. The van der Waals surface area contributed by atoms with Gasteiger partial charge in [0.05, 0.1) is 36.5 Å². The summed E-state index contributed by atoms with van der Waals surface area (Å²) in [6.45, 7) is 6.54. The molecular formula is C31H39FN2O5. The number of carbonyl (C=O) groups is 2. The molecule has 0 aliphatic heterocycles. The van der Waals surface area contributed by atoms with E-state index in [1.165, 1.54) is 12.1 Å². The number of primary amides is 1. The highest BCUT2D eigenvalue weighted by molar-refractivity contribution is 6.05. The van der Waals surface area contributed by atoms with Crippen LogP contribution in [0, 0.1) is 5.82 Å². The molecule has 0 saturated carbocycles. The molecule has 2 aromatic carbocycles. The van der Waals surface area contributed by atoms with Crippen LogP contribution in [-0.2, 0) is 16.1 Å². The summed E-state index contributed by atoms with van der Waals surface area (Å²) in [6.07, 6.45) is -0.237. The van der Waals surface area contributed by atoms with E-state index in [9.17, 15) is 24.2 Å². The lowest BCUT2D eigenvalue weighted by Crippen LogP contribution is -2.23. The number of amides is 1. The van der Waals surface area contributed by atoms with Crippen molar-refractivity contribution in [2.24, 2.45) is 5.73 Å². The molecule has 0 unspecified atom stereocenters. The molecule has 3 aromatic rings. The molecule has 0 aliphatic carbocycles. The minimum absolute atomic E-state index is 0.00125. The Morgan fingerprint density at radius 3 is 2.26 bits per heavy atom. The number of carbonyl (C=O) groups excluding carboxylic acids is 2. The van der Waals surface area contributed by atoms with Gasteiger partial charge in [-0.2, -0.15) is 0 Å². The van der Waals surface area contributed by atoms with Gasteiger partial charge in [-0.3, -0.25) is 9.59 Å². The van der Waals surface area contributed by atoms with Crippen LogP contribution in [0.2, 0.25) is 0 Å². The van der Waals surface area contributed by atoms with Crippen LogP contribution in [0.5, 0.6) is 0 Å². The van der Waals surface area contributed by atoms with Crippen LogP contribution in [0.4, 0.5) is 4.39 Å². The van der Waals surface area contributed by atoms with Gasteiger partial charge in [-0.15, -0.1) is 0 Å². The third-order valence-corrected chi connectivity index (χ3v) is 6.67. The first-order valence-electron chi connectivity index (χ1n) is 13.5. The maximum Gasteiger partial charge on any atom is 0.308 e. The monoisotopic (exact) mass is 538 g/mol. The Kier molecular flexibility index (Phi) is 10.8. The van der Waals surface area contributed by atoms with Gasteiger partial charge in [0, 0.05) is 17.8 Å². The molecule has 0 spiro atoms. The average molecular weight is 539 g/mol. The molecule has 0 aliphatic rings. The first kappa shape index (κ1) is 30.1. The molecule has 39 heavy (non-hydrogen) atoms. The molecule has 0 fully saturated rings. The van der Waals surface area contributed by atoms with E-state index in [-0.39, 0.29) is 31.0 Å². The third-order valence-electron chi connectivity index (χ3n) is 6.67. The number of aliphatic hydroxyl groups is 2. The van der Waals surface area contributed by atoms with Crippen molar-refractivity contribution in [2.45, 2.75) is 77.5 Å². The number of esters is 1. The van der Waals surface area contributed by atoms with E-state index in [4.69, 9.17) is 10.5 Å². The standard InChI is InChI=1S/C31H39FN2O5/c1-4-5-17-39-26(37)19-25(36)18-24(35)15-16-34-29(20(2)3)28(31(33)38)27(21-9-7-6-8-10-21)30(34)22-11-13-23(32)14-12-22/h6-14,20,24-25,35-36H,4-5,15-19H2,1-3H3,(H2,33,38)/t24-,25-/m1/s1. The molecule has 3 rings (SSSR count). The summed E-state index contributed by atoms with van der Waals surface area (Å²) < 4.78 is 20.9. The van der Waals surface area contributed by atoms with Crippen molar-refractivity contribution in [1.29, 1.82) is 0 Å². The number of aliphatic hydroxyl groups excluding tert-OH is 2. The molecule has 7 nitrogen and oxygen atoms in total. The van der Waals surface area contributed by atoms with Gasteiger partial charge >= 0.3 is 5.97 Å². The summed E-state index contributed by atoms with van der Waals surface area (Å²) in [6, 6.07) is 15.5. The van der Waals surface area contributed by atoms with Crippen LogP contribution in [0.1, 0.15) is 74.8 Å². The van der Waals surface area contributed by atoms with Crippen LogP contribution < -0.4 is 5.73 Å². The number of halogens is 1. The number of nitrogens with two attached hydrogens (primary N) is 1. The van der Waals surface area contributed by atoms with Crippen molar-refractivity contribution in [3.05, 3.63) is 71.7 Å². The summed E-state index contributed by atoms with van der Waals surface area (Å²) in [5, 5.41) is 21.1. The van der Waals surface area contributed by atoms with Crippen molar-refractivity contribution in [3.63, 3.8) is 0 Å². The predicted octanol–water partition coefficient (Wildman–Crippen LogP) is 5.42. The molecule has 1 amide bonds. The fraction of sp³-hybridized carbons (Fsp3) is 0.419. The zero-order valence-corrected chi connectivity index (χ0v) is 22.9. The maximum atomic E-state index is 13.8. The lowest BCUT2D eigenvalue weighted by atomic mass is 9.94. The van der Waals surface area contributed by atoms with Gasteiger partial charge in [0.2, 0.25) is 0 Å². The van der Waals surface area contributed by atoms with Gasteiger partial charge in [-0.1, -0.05) is 57.5 Å². The van der Waals surface area contributed by atoms with E-state index >= 15 is 0 Å². The van der Waals surface area contributed by atoms with Gasteiger partial charge < -0.3 is 25.3 Å². The summed E-state index contributed by atoms with van der Waals surface area (Å²) in [4.78, 5) is 24.8. The number of benzene rings is 2. The van der Waals surface area contributed by atoms with Gasteiger partial charge in [0.1, 0.15) is 5.82 Å². The Hall–Kier alpha value is -3.49. The second kappa shape index (κ2) is 14.1. The largest absolute Gasteiger partial charge is 0.466 e. The van der Waals surface area contributed by atoms with Crippen LogP contribution in [0.15, 0.2) is 54.6 Å². The van der Waals surface area contributed by atoms with E-state index in [2.05, 4.69) is 0 Å². The Balaban J connectivity index is 1.97. The van der Waals surface area contributed by atoms with Gasteiger partial charge in [0.25, 0.3) is 5.91 Å². The molecule has 0 radical (unpaired) electrons. The Morgan fingerprint density at radius 2 is 1.67 bits per heavy atom. The summed E-state index contributed by atoms with van der Waals surface area (Å²) in [7, 11) is 0. The van der Waals surface area contributed by atoms with Crippen molar-refractivity contribution in [3.8, 4) is 22.4 Å². The molecule has 2 atom stereocenters. The Morgan fingerprint density at radius 1 is 1.00 bits per heavy atom. The van der Waals surface area contributed by atoms with Crippen molar-refractivity contribution in [2.75, 3.05) is 6.61 Å². The predicted molar refractivity (Wildman–Crippen MR) is 150 cm³/mol. The molecule has 1 aromatic heterocycles. The van der Waals surface area contributed by atoms with E-state index in [0.717, 1.165) is 18.4 Å². The summed E-state index contributed by atoms with van der Waals surface area (Å²) in [5.41, 5.74) is 9.91.